The van der Waals surface area contributed by atoms with Crippen molar-refractivity contribution in [2.75, 3.05) is 6.54 Å². The van der Waals surface area contributed by atoms with Gasteiger partial charge in [-0.25, -0.2) is 4.39 Å². The molecular formula is C24H20FNO2. The molecule has 0 aliphatic carbocycles. The third-order valence-electron chi connectivity index (χ3n) is 5.32. The number of benzene rings is 3. The molecule has 1 unspecified atom stereocenters. The Balaban J connectivity index is 1.42. The normalized spacial score (nSPS) is 14.3. The summed E-state index contributed by atoms with van der Waals surface area (Å²) in [4.78, 5) is 26.3. The van der Waals surface area contributed by atoms with Gasteiger partial charge in [-0.2, -0.15) is 0 Å². The highest BCUT2D eigenvalue weighted by Crippen LogP contribution is 2.27. The van der Waals surface area contributed by atoms with Crippen LogP contribution in [0, 0.1) is 5.82 Å². The Hall–Kier alpha value is -3.27. The maximum atomic E-state index is 13.1. The van der Waals surface area contributed by atoms with E-state index in [0.717, 1.165) is 16.7 Å². The van der Waals surface area contributed by atoms with Crippen molar-refractivity contribution in [3.05, 3.63) is 95.3 Å². The fraction of sp³-hybridized carbons (Fsp3) is 0.167. The van der Waals surface area contributed by atoms with Crippen LogP contribution in [0.5, 0.6) is 0 Å². The van der Waals surface area contributed by atoms with Crippen molar-refractivity contribution in [3.63, 3.8) is 0 Å². The number of rotatable bonds is 5. The number of amides is 2. The SMILES string of the molecule is CC(CCN1C(=O)c2ccccc2C1=O)c1ccc(-c2ccc(F)cc2)cc1. The predicted molar refractivity (Wildman–Crippen MR) is 107 cm³/mol. The minimum atomic E-state index is -0.248. The second-order valence-electron chi connectivity index (χ2n) is 7.13. The summed E-state index contributed by atoms with van der Waals surface area (Å²) in [5.74, 6) is -0.465. The molecule has 1 heterocycles. The predicted octanol–water partition coefficient (Wildman–Crippen LogP) is 5.28. The minimum absolute atomic E-state index is 0.201. The van der Waals surface area contributed by atoms with Gasteiger partial charge in [0.05, 0.1) is 11.1 Å². The van der Waals surface area contributed by atoms with Crippen LogP contribution in [0.2, 0.25) is 0 Å². The highest BCUT2D eigenvalue weighted by molar-refractivity contribution is 6.21. The van der Waals surface area contributed by atoms with E-state index in [2.05, 4.69) is 6.92 Å². The molecule has 0 N–H and O–H groups in total. The summed E-state index contributed by atoms with van der Waals surface area (Å²) in [5.41, 5.74) is 4.11. The summed E-state index contributed by atoms with van der Waals surface area (Å²) in [6, 6.07) is 21.5. The van der Waals surface area contributed by atoms with E-state index in [1.165, 1.54) is 17.0 Å². The van der Waals surface area contributed by atoms with Crippen molar-refractivity contribution < 1.29 is 14.0 Å². The summed E-state index contributed by atoms with van der Waals surface area (Å²) in [7, 11) is 0. The third-order valence-corrected chi connectivity index (χ3v) is 5.32. The number of halogens is 1. The molecule has 4 heteroatoms. The van der Waals surface area contributed by atoms with Crippen molar-refractivity contribution in [2.45, 2.75) is 19.3 Å². The molecule has 28 heavy (non-hydrogen) atoms. The largest absolute Gasteiger partial charge is 0.274 e. The Morgan fingerprint density at radius 1 is 0.786 bits per heavy atom. The zero-order valence-corrected chi connectivity index (χ0v) is 15.6. The molecule has 140 valence electrons. The van der Waals surface area contributed by atoms with Gasteiger partial charge < -0.3 is 0 Å². The molecular weight excluding hydrogens is 353 g/mol. The molecule has 0 bridgehead atoms. The number of fused-ring (bicyclic) bond motifs is 1. The average molecular weight is 373 g/mol. The van der Waals surface area contributed by atoms with E-state index >= 15 is 0 Å². The quantitative estimate of drug-likeness (QED) is 0.571. The van der Waals surface area contributed by atoms with Crippen molar-refractivity contribution in [1.29, 1.82) is 0 Å². The standard InChI is InChI=1S/C24H20FNO2/c1-16(14-15-26-23(27)21-4-2-3-5-22(21)24(26)28)17-6-8-18(9-7-17)19-10-12-20(25)13-11-19/h2-13,16H,14-15H2,1H3. The van der Waals surface area contributed by atoms with Crippen molar-refractivity contribution in [1.82, 2.24) is 4.90 Å². The van der Waals surface area contributed by atoms with Crippen molar-refractivity contribution >= 4 is 11.8 Å². The van der Waals surface area contributed by atoms with E-state index in [-0.39, 0.29) is 23.5 Å². The first kappa shape index (κ1) is 18.1. The molecule has 1 aliphatic rings. The molecule has 3 aromatic rings. The molecule has 0 saturated heterocycles. The van der Waals surface area contributed by atoms with Crippen molar-refractivity contribution in [2.24, 2.45) is 0 Å². The molecule has 0 radical (unpaired) electrons. The summed E-state index contributed by atoms with van der Waals surface area (Å²) < 4.78 is 13.1. The summed E-state index contributed by atoms with van der Waals surface area (Å²) in [5, 5.41) is 0. The third kappa shape index (κ3) is 3.33. The number of carbonyl (C=O) groups is 2. The molecule has 0 fully saturated rings. The topological polar surface area (TPSA) is 37.4 Å². The van der Waals surface area contributed by atoms with Crippen LogP contribution in [0.1, 0.15) is 45.5 Å². The lowest BCUT2D eigenvalue weighted by Gasteiger charge is -2.18. The van der Waals surface area contributed by atoms with Crippen LogP contribution in [-0.2, 0) is 0 Å². The molecule has 0 saturated carbocycles. The summed E-state index contributed by atoms with van der Waals surface area (Å²) in [6.45, 7) is 2.48. The molecule has 0 spiro atoms. The monoisotopic (exact) mass is 373 g/mol. The first-order valence-electron chi connectivity index (χ1n) is 9.36. The molecule has 0 aromatic heterocycles. The first-order chi connectivity index (χ1) is 13.5. The Labute approximate surface area is 163 Å². The zero-order chi connectivity index (χ0) is 19.7. The smallest absolute Gasteiger partial charge is 0.261 e. The Morgan fingerprint density at radius 2 is 1.29 bits per heavy atom. The van der Waals surface area contributed by atoms with Crippen LogP contribution < -0.4 is 0 Å². The van der Waals surface area contributed by atoms with E-state index in [9.17, 15) is 14.0 Å². The number of nitrogens with zero attached hydrogens (tertiary/aromatic N) is 1. The second kappa shape index (κ2) is 7.39. The second-order valence-corrected chi connectivity index (χ2v) is 7.13. The fourth-order valence-corrected chi connectivity index (χ4v) is 3.58. The van der Waals surface area contributed by atoms with Crippen LogP contribution in [-0.4, -0.2) is 23.3 Å². The lowest BCUT2D eigenvalue weighted by Crippen LogP contribution is -2.31. The Morgan fingerprint density at radius 3 is 1.82 bits per heavy atom. The lowest BCUT2D eigenvalue weighted by atomic mass is 9.95. The van der Waals surface area contributed by atoms with Crippen LogP contribution in [0.4, 0.5) is 4.39 Å². The van der Waals surface area contributed by atoms with Crippen LogP contribution in [0.3, 0.4) is 0 Å². The molecule has 2 amide bonds. The van der Waals surface area contributed by atoms with Gasteiger partial charge in [-0.15, -0.1) is 0 Å². The van der Waals surface area contributed by atoms with Crippen molar-refractivity contribution in [3.8, 4) is 11.1 Å². The zero-order valence-electron chi connectivity index (χ0n) is 15.6. The van der Waals surface area contributed by atoms with Gasteiger partial charge in [0, 0.05) is 6.54 Å². The maximum absolute atomic E-state index is 13.1. The lowest BCUT2D eigenvalue weighted by molar-refractivity contribution is 0.0650. The molecule has 1 atom stereocenters. The fourth-order valence-electron chi connectivity index (χ4n) is 3.58. The van der Waals surface area contributed by atoms with Gasteiger partial charge in [-0.3, -0.25) is 14.5 Å². The van der Waals surface area contributed by atoms with Gasteiger partial charge in [0.25, 0.3) is 11.8 Å². The maximum Gasteiger partial charge on any atom is 0.261 e. The van der Waals surface area contributed by atoms with Crippen LogP contribution >= 0.6 is 0 Å². The van der Waals surface area contributed by atoms with Gasteiger partial charge in [-0.1, -0.05) is 55.5 Å². The van der Waals surface area contributed by atoms with Gasteiger partial charge in [-0.05, 0) is 53.3 Å². The van der Waals surface area contributed by atoms with Gasteiger partial charge >= 0.3 is 0 Å². The first-order valence-corrected chi connectivity index (χ1v) is 9.36. The van der Waals surface area contributed by atoms with E-state index < -0.39 is 0 Å². The number of hydrogen-bond acceptors (Lipinski definition) is 2. The van der Waals surface area contributed by atoms with Crippen LogP contribution in [0.15, 0.2) is 72.8 Å². The van der Waals surface area contributed by atoms with Gasteiger partial charge in [0.15, 0.2) is 0 Å². The van der Waals surface area contributed by atoms with Gasteiger partial charge in [0.2, 0.25) is 0 Å². The highest BCUT2D eigenvalue weighted by atomic mass is 19.1. The van der Waals surface area contributed by atoms with E-state index in [1.807, 2.05) is 24.3 Å². The van der Waals surface area contributed by atoms with E-state index in [0.29, 0.717) is 24.1 Å². The van der Waals surface area contributed by atoms with Gasteiger partial charge in [0.1, 0.15) is 5.82 Å². The van der Waals surface area contributed by atoms with E-state index in [1.54, 1.807) is 36.4 Å². The summed E-state index contributed by atoms with van der Waals surface area (Å²) >= 11 is 0. The molecule has 3 nitrogen and oxygen atoms in total. The number of imide groups is 1. The molecule has 1 aliphatic heterocycles. The van der Waals surface area contributed by atoms with E-state index in [4.69, 9.17) is 0 Å². The highest BCUT2D eigenvalue weighted by Gasteiger charge is 2.34. The Bertz CT molecular complexity index is 990. The summed E-state index contributed by atoms with van der Waals surface area (Å²) in [6.07, 6.45) is 0.696. The number of carbonyl (C=O) groups excluding carboxylic acids is 2. The number of hydrogen-bond donors (Lipinski definition) is 0. The molecule has 3 aromatic carbocycles. The minimum Gasteiger partial charge on any atom is -0.274 e. The van der Waals surface area contributed by atoms with Crippen LogP contribution in [0.25, 0.3) is 11.1 Å². The molecule has 4 rings (SSSR count). The Kier molecular flexibility index (Phi) is 4.78. The average Bonchev–Trinajstić information content (AvgIpc) is 2.97.